The number of carbonyl (C=O) groups excluding carboxylic acids is 2. The molecule has 18 heavy (non-hydrogen) atoms. The molecule has 1 unspecified atom stereocenters. The van der Waals surface area contributed by atoms with Crippen LogP contribution >= 0.6 is 0 Å². The van der Waals surface area contributed by atoms with E-state index in [1.807, 2.05) is 9.80 Å². The minimum Gasteiger partial charge on any atom is -0.391 e. The van der Waals surface area contributed by atoms with Crippen LogP contribution in [0.3, 0.4) is 0 Å². The number of hydrogen-bond acceptors (Lipinski definition) is 3. The van der Waals surface area contributed by atoms with Crippen LogP contribution < -0.4 is 0 Å². The van der Waals surface area contributed by atoms with Crippen molar-refractivity contribution in [1.82, 2.24) is 9.80 Å². The molecule has 1 atom stereocenters. The van der Waals surface area contributed by atoms with E-state index in [9.17, 15) is 14.7 Å². The molecule has 2 heterocycles. The Kier molecular flexibility index (Phi) is 3.01. The third-order valence-electron chi connectivity index (χ3n) is 4.28. The molecule has 0 aromatic carbocycles. The highest BCUT2D eigenvalue weighted by atomic mass is 16.3. The van der Waals surface area contributed by atoms with Gasteiger partial charge in [0.25, 0.3) is 0 Å². The number of β-amino-alcohol motifs (C(OH)–C–C–N with tert-alkyl or cyclic N) is 1. The Morgan fingerprint density at radius 3 is 2.33 bits per heavy atom. The van der Waals surface area contributed by atoms with Crippen LogP contribution in [0, 0.1) is 5.92 Å². The summed E-state index contributed by atoms with van der Waals surface area (Å²) in [6.45, 7) is 2.00. The average molecular weight is 252 g/mol. The molecular formula is C13H20N2O3. The first-order valence-corrected chi connectivity index (χ1v) is 6.91. The lowest BCUT2D eigenvalue weighted by molar-refractivity contribution is -0.135. The van der Waals surface area contributed by atoms with Gasteiger partial charge in [0.15, 0.2) is 0 Å². The van der Waals surface area contributed by atoms with E-state index >= 15 is 0 Å². The second-order valence-electron chi connectivity index (χ2n) is 5.73. The van der Waals surface area contributed by atoms with Crippen LogP contribution in [-0.4, -0.2) is 58.5 Å². The number of hydrogen-bond donors (Lipinski definition) is 1. The molecule has 2 aliphatic heterocycles. The molecule has 1 aliphatic carbocycles. The van der Waals surface area contributed by atoms with Crippen molar-refractivity contribution in [3.8, 4) is 0 Å². The fourth-order valence-electron chi connectivity index (χ4n) is 3.05. The molecule has 100 valence electrons. The van der Waals surface area contributed by atoms with E-state index in [4.69, 9.17) is 0 Å². The zero-order valence-electron chi connectivity index (χ0n) is 10.5. The molecule has 3 aliphatic rings. The molecule has 3 fully saturated rings. The summed E-state index contributed by atoms with van der Waals surface area (Å²) >= 11 is 0. The average Bonchev–Trinajstić information content (AvgIpc) is 3.15. The van der Waals surface area contributed by atoms with E-state index in [-0.39, 0.29) is 24.3 Å². The van der Waals surface area contributed by atoms with Gasteiger partial charge in [0, 0.05) is 31.6 Å². The molecule has 1 N–H and O–H groups in total. The Bertz CT molecular complexity index is 359. The predicted molar refractivity (Wildman–Crippen MR) is 64.7 cm³/mol. The van der Waals surface area contributed by atoms with Gasteiger partial charge in [-0.2, -0.15) is 0 Å². The van der Waals surface area contributed by atoms with Gasteiger partial charge in [0.05, 0.1) is 12.5 Å². The zero-order chi connectivity index (χ0) is 12.7. The first-order valence-electron chi connectivity index (χ1n) is 6.91. The van der Waals surface area contributed by atoms with Crippen LogP contribution in [0.15, 0.2) is 0 Å². The number of amides is 2. The minimum atomic E-state index is -0.497. The van der Waals surface area contributed by atoms with E-state index < -0.39 is 6.10 Å². The largest absolute Gasteiger partial charge is 0.391 e. The van der Waals surface area contributed by atoms with Crippen molar-refractivity contribution in [1.29, 1.82) is 0 Å². The number of piperidine rings is 1. The van der Waals surface area contributed by atoms with E-state index in [0.717, 1.165) is 38.8 Å². The number of nitrogens with zero attached hydrogens (tertiary/aromatic N) is 2. The number of aliphatic hydroxyl groups is 1. The maximum Gasteiger partial charge on any atom is 0.225 e. The quantitative estimate of drug-likeness (QED) is 0.751. The lowest BCUT2D eigenvalue weighted by atomic mass is 10.0. The minimum absolute atomic E-state index is 0.0643. The Morgan fingerprint density at radius 2 is 1.83 bits per heavy atom. The van der Waals surface area contributed by atoms with Gasteiger partial charge in [-0.3, -0.25) is 9.59 Å². The zero-order valence-corrected chi connectivity index (χ0v) is 10.5. The van der Waals surface area contributed by atoms with Gasteiger partial charge in [0.1, 0.15) is 0 Å². The fraction of sp³-hybridized carbons (Fsp3) is 0.846. The topological polar surface area (TPSA) is 60.9 Å². The molecule has 5 nitrogen and oxygen atoms in total. The Hall–Kier alpha value is -1.10. The van der Waals surface area contributed by atoms with Crippen LogP contribution in [0.4, 0.5) is 0 Å². The van der Waals surface area contributed by atoms with Crippen LogP contribution in [0.2, 0.25) is 0 Å². The van der Waals surface area contributed by atoms with Crippen molar-refractivity contribution < 1.29 is 14.7 Å². The number of aliphatic hydroxyl groups excluding tert-OH is 1. The molecule has 0 aromatic heterocycles. The number of rotatable bonds is 2. The van der Waals surface area contributed by atoms with Crippen LogP contribution in [0.1, 0.15) is 32.1 Å². The summed E-state index contributed by atoms with van der Waals surface area (Å²) < 4.78 is 0. The highest BCUT2D eigenvalue weighted by molar-refractivity contribution is 5.81. The van der Waals surface area contributed by atoms with Crippen molar-refractivity contribution in [2.24, 2.45) is 5.92 Å². The summed E-state index contributed by atoms with van der Waals surface area (Å²) in [4.78, 5) is 27.4. The van der Waals surface area contributed by atoms with E-state index in [2.05, 4.69) is 0 Å². The summed E-state index contributed by atoms with van der Waals surface area (Å²) in [6, 6.07) is 0.220. The fourth-order valence-corrected chi connectivity index (χ4v) is 3.05. The lowest BCUT2D eigenvalue weighted by Gasteiger charge is -2.36. The molecule has 0 radical (unpaired) electrons. The highest BCUT2D eigenvalue weighted by Crippen LogP contribution is 2.32. The van der Waals surface area contributed by atoms with Crippen molar-refractivity contribution in [2.75, 3.05) is 19.6 Å². The third kappa shape index (κ3) is 2.23. The molecule has 0 spiro atoms. The molecule has 3 rings (SSSR count). The predicted octanol–water partition coefficient (Wildman–Crippen LogP) is -0.0194. The maximum atomic E-state index is 11.9. The first-order chi connectivity index (χ1) is 8.65. The van der Waals surface area contributed by atoms with E-state index in [0.29, 0.717) is 12.5 Å². The van der Waals surface area contributed by atoms with Gasteiger partial charge in [-0.15, -0.1) is 0 Å². The molecular weight excluding hydrogens is 232 g/mol. The van der Waals surface area contributed by atoms with Crippen LogP contribution in [0.5, 0.6) is 0 Å². The van der Waals surface area contributed by atoms with Crippen molar-refractivity contribution in [2.45, 2.75) is 44.2 Å². The molecule has 5 heteroatoms. The summed E-state index contributed by atoms with van der Waals surface area (Å²) in [5.41, 5.74) is 0. The second kappa shape index (κ2) is 4.53. The van der Waals surface area contributed by atoms with Gasteiger partial charge in [-0.25, -0.2) is 0 Å². The normalized spacial score (nSPS) is 30.1. The summed E-state index contributed by atoms with van der Waals surface area (Å²) in [5.74, 6) is 0.660. The van der Waals surface area contributed by atoms with Gasteiger partial charge in [-0.05, 0) is 25.7 Å². The Labute approximate surface area is 107 Å². The standard InChI is InChI=1S/C13H20N2O3/c16-11-7-12(17)15(8-11)10-3-5-14(6-4-10)13(18)9-1-2-9/h9-11,16H,1-8H2. The third-order valence-corrected chi connectivity index (χ3v) is 4.28. The van der Waals surface area contributed by atoms with Gasteiger partial charge in [0.2, 0.25) is 11.8 Å². The summed E-state index contributed by atoms with van der Waals surface area (Å²) in [6.07, 6.45) is 3.59. The number of carbonyl (C=O) groups is 2. The Balaban J connectivity index is 1.53. The summed E-state index contributed by atoms with van der Waals surface area (Å²) in [7, 11) is 0. The SMILES string of the molecule is O=C(C1CC1)N1CCC(N2CC(O)CC2=O)CC1. The maximum absolute atomic E-state index is 11.9. The second-order valence-corrected chi connectivity index (χ2v) is 5.73. The van der Waals surface area contributed by atoms with Crippen LogP contribution in [-0.2, 0) is 9.59 Å². The van der Waals surface area contributed by atoms with Crippen molar-refractivity contribution >= 4 is 11.8 Å². The smallest absolute Gasteiger partial charge is 0.225 e. The van der Waals surface area contributed by atoms with Crippen molar-refractivity contribution in [3.63, 3.8) is 0 Å². The first kappa shape index (κ1) is 12.0. The monoisotopic (exact) mass is 252 g/mol. The molecule has 2 amide bonds. The van der Waals surface area contributed by atoms with E-state index in [1.54, 1.807) is 0 Å². The van der Waals surface area contributed by atoms with Crippen LogP contribution in [0.25, 0.3) is 0 Å². The molecule has 2 saturated heterocycles. The van der Waals surface area contributed by atoms with Gasteiger partial charge < -0.3 is 14.9 Å². The lowest BCUT2D eigenvalue weighted by Crippen LogP contribution is -2.47. The summed E-state index contributed by atoms with van der Waals surface area (Å²) in [5, 5.41) is 9.49. The van der Waals surface area contributed by atoms with Gasteiger partial charge >= 0.3 is 0 Å². The molecule has 0 bridgehead atoms. The van der Waals surface area contributed by atoms with E-state index in [1.165, 1.54) is 0 Å². The van der Waals surface area contributed by atoms with Crippen molar-refractivity contribution in [3.05, 3.63) is 0 Å². The highest BCUT2D eigenvalue weighted by Gasteiger charge is 2.38. The van der Waals surface area contributed by atoms with Gasteiger partial charge in [-0.1, -0.05) is 0 Å². The number of likely N-dealkylation sites (tertiary alicyclic amines) is 2. The Morgan fingerprint density at radius 1 is 1.17 bits per heavy atom. The molecule has 0 aromatic rings. The molecule has 1 saturated carbocycles.